The molecule has 0 N–H and O–H groups in total. The van der Waals surface area contributed by atoms with E-state index in [1.54, 1.807) is 16.6 Å². The second-order valence-corrected chi connectivity index (χ2v) is 32.5. The minimum absolute atomic E-state index is 0.000178. The normalized spacial score (nSPS) is 26.2. The Morgan fingerprint density at radius 1 is 0.372 bits per heavy atom. The second kappa shape index (κ2) is 15.2. The van der Waals surface area contributed by atoms with E-state index in [1.165, 1.54) is 225 Å². The van der Waals surface area contributed by atoms with E-state index in [1.807, 2.05) is 0 Å². The van der Waals surface area contributed by atoms with E-state index >= 15 is 0 Å². The van der Waals surface area contributed by atoms with Crippen molar-refractivity contribution in [3.05, 3.63) is 168 Å². The van der Waals surface area contributed by atoms with Crippen LogP contribution in [0.15, 0.2) is 146 Å². The van der Waals surface area contributed by atoms with Gasteiger partial charge in [0.15, 0.2) is 0 Å². The van der Waals surface area contributed by atoms with Crippen LogP contribution in [0.4, 0.5) is 0 Å². The van der Waals surface area contributed by atoms with Crippen LogP contribution in [0, 0.1) is 35.5 Å². The van der Waals surface area contributed by atoms with Gasteiger partial charge >= 0.3 is 0 Å². The fourth-order valence-electron chi connectivity index (χ4n) is 22.9. The van der Waals surface area contributed by atoms with Gasteiger partial charge in [0.1, 0.15) is 0 Å². The van der Waals surface area contributed by atoms with E-state index < -0.39 is 0 Å². The minimum atomic E-state index is -0.0548. The SMILES string of the molecule is CC(C)(C)c1ccc2c(c1)c1cc(C(C)(C)C)cc3c1n2-c1cc(-n2c4ccc5cccc6c5c4c4c5c(ccc7cccc-6c75)ccc42)cc2c1B3c1cc(C34CC5CC(CC(C5)C3)C4)cc3c4cc(C56CC7CC(CC(C7)C5)C6)ccc4n-2c13. The smallest absolute Gasteiger partial charge is 0.252 e. The third-order valence-corrected chi connectivity index (χ3v) is 25.6. The van der Waals surface area contributed by atoms with Crippen molar-refractivity contribution in [2.75, 3.05) is 0 Å². The number of hydrogen-bond acceptors (Lipinski definition) is 0. The maximum Gasteiger partial charge on any atom is 0.252 e. The number of aromatic nitrogens is 3. The van der Waals surface area contributed by atoms with Crippen molar-refractivity contribution in [3.63, 3.8) is 0 Å². The van der Waals surface area contributed by atoms with Crippen LogP contribution in [-0.4, -0.2) is 20.4 Å². The van der Waals surface area contributed by atoms with E-state index in [2.05, 4.69) is 201 Å². The Labute approximate surface area is 503 Å². The molecule has 0 amide bonds. The van der Waals surface area contributed by atoms with E-state index in [0.717, 1.165) is 35.5 Å². The molecule has 3 aromatic heterocycles. The Bertz CT molecular complexity index is 5330. The van der Waals surface area contributed by atoms with Gasteiger partial charge < -0.3 is 13.7 Å². The summed E-state index contributed by atoms with van der Waals surface area (Å²) in [5.74, 6) is 5.30. The minimum Gasteiger partial charge on any atom is -0.310 e. The monoisotopic (exact) mass is 1110 g/mol. The van der Waals surface area contributed by atoms with Gasteiger partial charge in [0, 0.05) is 60.1 Å². The third kappa shape index (κ3) is 5.74. The molecule has 24 rings (SSSR count). The molecule has 2 aliphatic heterocycles. The molecule has 86 heavy (non-hydrogen) atoms. The zero-order valence-electron chi connectivity index (χ0n) is 50.7. The molecule has 8 saturated carbocycles. The van der Waals surface area contributed by atoms with Crippen LogP contribution in [0.3, 0.4) is 0 Å². The lowest BCUT2D eigenvalue weighted by molar-refractivity contribution is -0.00526. The van der Waals surface area contributed by atoms with Gasteiger partial charge in [0.05, 0.1) is 27.8 Å². The molecule has 0 saturated heterocycles. The lowest BCUT2D eigenvalue weighted by atomic mass is 9.33. The predicted molar refractivity (Wildman–Crippen MR) is 363 cm³/mol. The Kier molecular flexibility index (Phi) is 8.42. The summed E-state index contributed by atoms with van der Waals surface area (Å²) in [6, 6.07) is 60.6. The average molecular weight is 1110 g/mol. The quantitative estimate of drug-likeness (QED) is 0.124. The van der Waals surface area contributed by atoms with Gasteiger partial charge in [-0.2, -0.15) is 0 Å². The number of hydrogen-bond donors (Lipinski definition) is 0. The van der Waals surface area contributed by atoms with E-state index in [4.69, 9.17) is 0 Å². The Morgan fingerprint density at radius 2 is 0.814 bits per heavy atom. The molecule has 0 radical (unpaired) electrons. The van der Waals surface area contributed by atoms with Crippen molar-refractivity contribution in [1.82, 2.24) is 13.7 Å². The molecule has 4 heteroatoms. The first-order valence-corrected chi connectivity index (χ1v) is 33.5. The largest absolute Gasteiger partial charge is 0.310 e. The zero-order valence-corrected chi connectivity index (χ0v) is 50.7. The molecule has 0 atom stereocenters. The summed E-state index contributed by atoms with van der Waals surface area (Å²) >= 11 is 0. The van der Waals surface area contributed by atoms with Gasteiger partial charge in [-0.3, -0.25) is 0 Å². The van der Waals surface area contributed by atoms with Gasteiger partial charge in [-0.1, -0.05) is 126 Å². The molecule has 0 spiro atoms. The maximum atomic E-state index is 2.87. The van der Waals surface area contributed by atoms with Gasteiger partial charge in [0.2, 0.25) is 0 Å². The Balaban J connectivity index is 0.914. The lowest BCUT2D eigenvalue weighted by Gasteiger charge is -2.57. The predicted octanol–water partition coefficient (Wildman–Crippen LogP) is 19.1. The van der Waals surface area contributed by atoms with E-state index in [-0.39, 0.29) is 23.0 Å². The molecular weight excluding hydrogens is 1040 g/mol. The molecule has 3 nitrogen and oxygen atoms in total. The Hall–Kier alpha value is -7.56. The van der Waals surface area contributed by atoms with Gasteiger partial charge in [-0.25, -0.2) is 0 Å². The fourth-order valence-corrected chi connectivity index (χ4v) is 22.9. The summed E-state index contributed by atoms with van der Waals surface area (Å²) < 4.78 is 8.33. The molecule has 418 valence electrons. The molecule has 9 aliphatic carbocycles. The lowest BCUT2D eigenvalue weighted by Crippen LogP contribution is -2.60. The number of nitrogens with zero attached hydrogens (tertiary/aromatic N) is 3. The van der Waals surface area contributed by atoms with E-state index in [0.29, 0.717) is 5.41 Å². The maximum absolute atomic E-state index is 2.87. The summed E-state index contributed by atoms with van der Waals surface area (Å²) in [4.78, 5) is 0. The van der Waals surface area contributed by atoms with Crippen molar-refractivity contribution in [2.24, 2.45) is 35.5 Å². The standard InChI is InChI=1S/C82H72BN3/c1-79(2,3)52-17-21-65-59(29-52)61-31-54(80(4,5)6)33-63-77(61)85(65)69-35-56(84-67-19-15-50-10-8-12-58-57-11-7-9-49-13-14-51-16-20-68(84)75(73(51)71(49)57)74(67)72(50)58)36-70-76(69)83(63)64-34-55(82-40-46-26-47(41-82)28-48(27-46)42-82)32-62-60-30-53(18-22-66(60)86(70)78(62)64)81-37-43-23-44(38-81)25-45(24-43)39-81/h7-22,29-36,43-48H,23-28,37-42H2,1-6H3. The summed E-state index contributed by atoms with van der Waals surface area (Å²) in [7, 11) is 0. The molecule has 13 aromatic rings. The summed E-state index contributed by atoms with van der Waals surface area (Å²) in [6.45, 7) is 14.6. The van der Waals surface area contributed by atoms with Crippen LogP contribution in [-0.2, 0) is 21.7 Å². The fraction of sp³-hybridized carbons (Fsp3) is 0.341. The first-order valence-electron chi connectivity index (χ1n) is 33.5. The van der Waals surface area contributed by atoms with Crippen LogP contribution in [0.2, 0.25) is 0 Å². The van der Waals surface area contributed by atoms with Gasteiger partial charge in [-0.05, 0) is 272 Å². The van der Waals surface area contributed by atoms with Gasteiger partial charge in [-0.15, -0.1) is 0 Å². The highest BCUT2D eigenvalue weighted by molar-refractivity contribution is 7.00. The number of fused-ring (bicyclic) bond motifs is 11. The number of rotatable bonds is 3. The Morgan fingerprint density at radius 3 is 1.38 bits per heavy atom. The molecule has 8 bridgehead atoms. The third-order valence-electron chi connectivity index (χ3n) is 25.6. The first kappa shape index (κ1) is 47.6. The molecular formula is C82H72BN3. The average Bonchev–Trinajstić information content (AvgIpc) is 1.47. The van der Waals surface area contributed by atoms with Crippen molar-refractivity contribution >= 4 is 121 Å². The van der Waals surface area contributed by atoms with Crippen molar-refractivity contribution in [3.8, 4) is 28.2 Å². The molecule has 8 fully saturated rings. The summed E-state index contributed by atoms with van der Waals surface area (Å²) in [6.07, 6.45) is 17.0. The van der Waals surface area contributed by atoms with Crippen molar-refractivity contribution < 1.29 is 0 Å². The highest BCUT2D eigenvalue weighted by Gasteiger charge is 2.54. The zero-order chi connectivity index (χ0) is 56.5. The highest BCUT2D eigenvalue weighted by atomic mass is 15.1. The second-order valence-electron chi connectivity index (χ2n) is 32.5. The highest BCUT2D eigenvalue weighted by Crippen LogP contribution is 2.63. The molecule has 0 unspecified atom stereocenters. The first-order chi connectivity index (χ1) is 41.7. The van der Waals surface area contributed by atoms with E-state index in [9.17, 15) is 0 Å². The topological polar surface area (TPSA) is 14.8 Å². The number of benzene rings is 10. The van der Waals surface area contributed by atoms with Crippen molar-refractivity contribution in [2.45, 2.75) is 140 Å². The molecule has 11 aliphatic rings. The van der Waals surface area contributed by atoms with Crippen LogP contribution >= 0.6 is 0 Å². The van der Waals surface area contributed by atoms with Crippen LogP contribution in [0.5, 0.6) is 0 Å². The molecule has 5 heterocycles. The molecule has 10 aromatic carbocycles. The van der Waals surface area contributed by atoms with Crippen LogP contribution in [0.25, 0.3) is 126 Å². The van der Waals surface area contributed by atoms with Gasteiger partial charge in [0.25, 0.3) is 6.71 Å². The summed E-state index contributed by atoms with van der Waals surface area (Å²) in [5, 5.41) is 16.6. The van der Waals surface area contributed by atoms with Crippen LogP contribution < -0.4 is 16.4 Å². The van der Waals surface area contributed by atoms with Crippen molar-refractivity contribution in [1.29, 1.82) is 0 Å². The summed E-state index contributed by atoms with van der Waals surface area (Å²) in [5.41, 5.74) is 25.9. The van der Waals surface area contributed by atoms with Crippen LogP contribution in [0.1, 0.15) is 141 Å².